The molecule has 2 amide bonds. The van der Waals surface area contributed by atoms with Gasteiger partial charge in [-0.25, -0.2) is 4.79 Å². The van der Waals surface area contributed by atoms with Gasteiger partial charge in [-0.1, -0.05) is 12.1 Å². The first-order chi connectivity index (χ1) is 9.79. The van der Waals surface area contributed by atoms with Gasteiger partial charge in [0, 0.05) is 13.2 Å². The van der Waals surface area contributed by atoms with Gasteiger partial charge in [0.25, 0.3) is 0 Å². The molecule has 6 nitrogen and oxygen atoms in total. The largest absolute Gasteiger partial charge is 0.493 e. The van der Waals surface area contributed by atoms with Crippen molar-refractivity contribution >= 4 is 6.03 Å². The number of hydrogen-bond acceptors (Lipinski definition) is 4. The number of methoxy groups -OCH3 is 1. The Morgan fingerprint density at radius 3 is 2.85 bits per heavy atom. The lowest BCUT2D eigenvalue weighted by Crippen LogP contribution is -2.41. The van der Waals surface area contributed by atoms with Crippen LogP contribution in [0.25, 0.3) is 0 Å². The van der Waals surface area contributed by atoms with Crippen LogP contribution in [0, 0.1) is 0 Å². The quantitative estimate of drug-likeness (QED) is 0.775. The van der Waals surface area contributed by atoms with Crippen LogP contribution in [-0.2, 0) is 4.74 Å². The number of carbonyl (C=O) groups is 1. The van der Waals surface area contributed by atoms with Crippen LogP contribution >= 0.6 is 0 Å². The number of urea groups is 1. The van der Waals surface area contributed by atoms with E-state index in [-0.39, 0.29) is 18.9 Å². The molecule has 1 atom stereocenters. The van der Waals surface area contributed by atoms with E-state index in [1.165, 1.54) is 0 Å². The fourth-order valence-electron chi connectivity index (χ4n) is 1.99. The fraction of sp³-hybridized carbons (Fsp3) is 0.500. The average molecular weight is 280 g/mol. The molecule has 20 heavy (non-hydrogen) atoms. The van der Waals surface area contributed by atoms with E-state index in [0.29, 0.717) is 18.0 Å². The summed E-state index contributed by atoms with van der Waals surface area (Å²) >= 11 is 0. The number of hydrogen-bond donors (Lipinski definition) is 2. The van der Waals surface area contributed by atoms with Crippen molar-refractivity contribution in [3.8, 4) is 11.5 Å². The van der Waals surface area contributed by atoms with Crippen molar-refractivity contribution in [3.63, 3.8) is 0 Å². The molecule has 1 heterocycles. The highest BCUT2D eigenvalue weighted by atomic mass is 16.5. The maximum absolute atomic E-state index is 11.6. The van der Waals surface area contributed by atoms with Crippen LogP contribution in [0.15, 0.2) is 24.3 Å². The van der Waals surface area contributed by atoms with Crippen LogP contribution in [0.3, 0.4) is 0 Å². The molecule has 0 saturated carbocycles. The topological polar surface area (TPSA) is 68.8 Å². The van der Waals surface area contributed by atoms with E-state index in [0.717, 1.165) is 19.4 Å². The van der Waals surface area contributed by atoms with Crippen LogP contribution < -0.4 is 20.1 Å². The van der Waals surface area contributed by atoms with Crippen LogP contribution in [-0.4, -0.2) is 39.1 Å². The zero-order valence-corrected chi connectivity index (χ0v) is 11.6. The third kappa shape index (κ3) is 4.31. The summed E-state index contributed by atoms with van der Waals surface area (Å²) in [6.45, 7) is 1.39. The van der Waals surface area contributed by atoms with Crippen LogP contribution in [0.2, 0.25) is 0 Å². The van der Waals surface area contributed by atoms with Crippen molar-refractivity contribution in [3.05, 3.63) is 24.3 Å². The normalized spacial score (nSPS) is 17.6. The Bertz CT molecular complexity index is 433. The highest BCUT2D eigenvalue weighted by Crippen LogP contribution is 2.25. The Balaban J connectivity index is 1.65. The molecule has 1 saturated heterocycles. The lowest BCUT2D eigenvalue weighted by atomic mass is 10.2. The van der Waals surface area contributed by atoms with Crippen molar-refractivity contribution in [2.45, 2.75) is 18.9 Å². The van der Waals surface area contributed by atoms with Gasteiger partial charge in [0.05, 0.1) is 13.2 Å². The molecule has 110 valence electrons. The highest BCUT2D eigenvalue weighted by Gasteiger charge is 2.15. The molecule has 1 aliphatic rings. The first-order valence-electron chi connectivity index (χ1n) is 6.68. The minimum Gasteiger partial charge on any atom is -0.493 e. The van der Waals surface area contributed by atoms with Gasteiger partial charge in [-0.2, -0.15) is 0 Å². The zero-order valence-electron chi connectivity index (χ0n) is 11.6. The Hall–Kier alpha value is -1.95. The molecular weight excluding hydrogens is 260 g/mol. The molecule has 0 aliphatic carbocycles. The van der Waals surface area contributed by atoms with E-state index in [2.05, 4.69) is 10.6 Å². The summed E-state index contributed by atoms with van der Waals surface area (Å²) in [6.07, 6.45) is 2.19. The monoisotopic (exact) mass is 280 g/mol. The van der Waals surface area contributed by atoms with Gasteiger partial charge in [0.1, 0.15) is 0 Å². The van der Waals surface area contributed by atoms with Gasteiger partial charge in [-0.15, -0.1) is 0 Å². The second-order valence-corrected chi connectivity index (χ2v) is 4.46. The molecule has 0 aromatic heterocycles. The molecule has 1 aromatic carbocycles. The second kappa shape index (κ2) is 7.59. The third-order valence-corrected chi connectivity index (χ3v) is 3.04. The molecule has 0 radical (unpaired) electrons. The molecule has 1 aromatic rings. The zero-order chi connectivity index (χ0) is 14.2. The van der Waals surface area contributed by atoms with Gasteiger partial charge in [-0.05, 0) is 25.0 Å². The van der Waals surface area contributed by atoms with Crippen molar-refractivity contribution < 1.29 is 19.0 Å². The molecule has 2 rings (SSSR count). The Morgan fingerprint density at radius 1 is 1.35 bits per heavy atom. The molecule has 0 bridgehead atoms. The summed E-state index contributed by atoms with van der Waals surface area (Å²) in [5.41, 5.74) is 0. The van der Waals surface area contributed by atoms with Gasteiger partial charge in [0.2, 0.25) is 0 Å². The molecule has 1 unspecified atom stereocenters. The van der Waals surface area contributed by atoms with Crippen molar-refractivity contribution in [2.24, 2.45) is 0 Å². The lowest BCUT2D eigenvalue weighted by molar-refractivity contribution is 0.111. The summed E-state index contributed by atoms with van der Waals surface area (Å²) in [5.74, 6) is 1.23. The summed E-state index contributed by atoms with van der Waals surface area (Å²) in [7, 11) is 1.57. The summed E-state index contributed by atoms with van der Waals surface area (Å²) in [5, 5.41) is 5.38. The number of nitrogens with one attached hydrogen (secondary N) is 2. The van der Waals surface area contributed by atoms with Crippen LogP contribution in [0.5, 0.6) is 11.5 Å². The van der Waals surface area contributed by atoms with E-state index < -0.39 is 0 Å². The number of carbonyl (C=O) groups excluding carboxylic acids is 1. The van der Waals surface area contributed by atoms with Gasteiger partial charge >= 0.3 is 6.03 Å². The molecule has 0 spiro atoms. The van der Waals surface area contributed by atoms with E-state index in [1.54, 1.807) is 19.2 Å². The van der Waals surface area contributed by atoms with Crippen molar-refractivity contribution in [1.29, 1.82) is 0 Å². The Kier molecular flexibility index (Phi) is 5.49. The minimum atomic E-state index is -0.268. The highest BCUT2D eigenvalue weighted by molar-refractivity contribution is 5.73. The molecule has 1 fully saturated rings. The van der Waals surface area contributed by atoms with Gasteiger partial charge in [-0.3, -0.25) is 0 Å². The SMILES string of the molecule is COc1ccccc1OCNC(=O)NCC1CCCO1. The lowest BCUT2D eigenvalue weighted by Gasteiger charge is -2.13. The second-order valence-electron chi connectivity index (χ2n) is 4.46. The molecule has 1 aliphatic heterocycles. The predicted octanol–water partition coefficient (Wildman–Crippen LogP) is 1.51. The third-order valence-electron chi connectivity index (χ3n) is 3.04. The Labute approximate surface area is 118 Å². The van der Waals surface area contributed by atoms with E-state index in [1.807, 2.05) is 12.1 Å². The standard InChI is InChI=1S/C14H20N2O4/c1-18-12-6-2-3-7-13(12)20-10-16-14(17)15-9-11-5-4-8-19-11/h2-3,6-7,11H,4-5,8-10H2,1H3,(H2,15,16,17). The van der Waals surface area contributed by atoms with Crippen LogP contribution in [0.1, 0.15) is 12.8 Å². The van der Waals surface area contributed by atoms with Crippen molar-refractivity contribution in [1.82, 2.24) is 10.6 Å². The van der Waals surface area contributed by atoms with Crippen LogP contribution in [0.4, 0.5) is 4.79 Å². The predicted molar refractivity (Wildman–Crippen MR) is 74.0 cm³/mol. The number of amides is 2. The van der Waals surface area contributed by atoms with Crippen molar-refractivity contribution in [2.75, 3.05) is 27.0 Å². The van der Waals surface area contributed by atoms with Gasteiger partial charge in [0.15, 0.2) is 18.2 Å². The van der Waals surface area contributed by atoms with E-state index in [9.17, 15) is 4.79 Å². The van der Waals surface area contributed by atoms with E-state index in [4.69, 9.17) is 14.2 Å². The first-order valence-corrected chi connectivity index (χ1v) is 6.68. The smallest absolute Gasteiger partial charge is 0.317 e. The molecular formula is C14H20N2O4. The molecule has 2 N–H and O–H groups in total. The molecule has 6 heteroatoms. The van der Waals surface area contributed by atoms with E-state index >= 15 is 0 Å². The summed E-state index contributed by atoms with van der Waals surface area (Å²) in [6, 6.07) is 7.01. The summed E-state index contributed by atoms with van der Waals surface area (Å²) < 4.78 is 16.0. The fourth-order valence-corrected chi connectivity index (χ4v) is 1.99. The number of para-hydroxylation sites is 2. The number of ether oxygens (including phenoxy) is 3. The van der Waals surface area contributed by atoms with Gasteiger partial charge < -0.3 is 24.8 Å². The maximum atomic E-state index is 11.6. The minimum absolute atomic E-state index is 0.0811. The number of rotatable bonds is 6. The first kappa shape index (κ1) is 14.5. The number of benzene rings is 1. The average Bonchev–Trinajstić information content (AvgIpc) is 2.99. The summed E-state index contributed by atoms with van der Waals surface area (Å²) in [4.78, 5) is 11.6. The maximum Gasteiger partial charge on any atom is 0.317 e. The Morgan fingerprint density at radius 2 is 2.15 bits per heavy atom.